The van der Waals surface area contributed by atoms with Crippen molar-refractivity contribution in [2.45, 2.75) is 69.9 Å². The monoisotopic (exact) mass is 431 g/mol. The summed E-state index contributed by atoms with van der Waals surface area (Å²) in [5, 5.41) is 12.9. The van der Waals surface area contributed by atoms with E-state index in [1.807, 2.05) is 13.0 Å². The number of oxazole rings is 1. The van der Waals surface area contributed by atoms with Gasteiger partial charge in [0, 0.05) is 36.4 Å². The molecule has 2 aliphatic rings. The summed E-state index contributed by atoms with van der Waals surface area (Å²) in [6.45, 7) is 5.11. The lowest BCUT2D eigenvalue weighted by atomic mass is 9.93. The second kappa shape index (κ2) is 9.09. The molecule has 3 N–H and O–H groups in total. The van der Waals surface area contributed by atoms with Crippen LogP contribution >= 0.6 is 0 Å². The molecule has 2 amide bonds. The van der Waals surface area contributed by atoms with Crippen LogP contribution in [0.2, 0.25) is 0 Å². The summed E-state index contributed by atoms with van der Waals surface area (Å²) < 4.78 is 16.3. The van der Waals surface area contributed by atoms with Crippen molar-refractivity contribution in [1.29, 1.82) is 0 Å². The maximum atomic E-state index is 12.3. The van der Waals surface area contributed by atoms with Gasteiger partial charge in [-0.25, -0.2) is 9.78 Å². The van der Waals surface area contributed by atoms with Crippen LogP contribution in [0.25, 0.3) is 0 Å². The summed E-state index contributed by atoms with van der Waals surface area (Å²) >= 11 is 0. The van der Waals surface area contributed by atoms with Crippen LogP contribution in [-0.4, -0.2) is 52.0 Å². The molecule has 0 radical (unpaired) electrons. The van der Waals surface area contributed by atoms with Gasteiger partial charge in [0.05, 0.1) is 6.20 Å². The van der Waals surface area contributed by atoms with E-state index in [-0.39, 0.29) is 36.0 Å². The Kier molecular flexibility index (Phi) is 6.26. The molecule has 4 rings (SSSR count). The molecule has 1 saturated heterocycles. The Balaban J connectivity index is 1.24. The molecule has 1 saturated carbocycles. The van der Waals surface area contributed by atoms with Crippen LogP contribution in [0.15, 0.2) is 16.7 Å². The first-order valence-electron chi connectivity index (χ1n) is 10.7. The number of nitrogens with zero attached hydrogens (tertiary/aromatic N) is 2. The smallest absolute Gasteiger partial charge is 0.407 e. The standard InChI is InChI=1S/C21H29N5O5/c1-13-12-22-19(30-13)11-18(27)23-17-10-16(25-26-17)14-3-4-15(9-14)31-20(28)24-21(2)5-7-29-8-6-21/h10,12,14-15H,3-9,11H2,1-2H3,(H,24,28)(H2,23,25,26,27)/t14-,15+/m0/s1. The number of carbonyl (C=O) groups excluding carboxylic acids is 2. The van der Waals surface area contributed by atoms with Crippen molar-refractivity contribution >= 4 is 17.8 Å². The molecule has 31 heavy (non-hydrogen) atoms. The van der Waals surface area contributed by atoms with Crippen LogP contribution in [0.1, 0.15) is 62.3 Å². The van der Waals surface area contributed by atoms with Gasteiger partial charge in [0.25, 0.3) is 0 Å². The zero-order valence-corrected chi connectivity index (χ0v) is 17.9. The van der Waals surface area contributed by atoms with Gasteiger partial charge in [-0.05, 0) is 46.0 Å². The Morgan fingerprint density at radius 3 is 2.87 bits per heavy atom. The second-order valence-corrected chi connectivity index (χ2v) is 8.63. The Morgan fingerprint density at radius 2 is 2.13 bits per heavy atom. The lowest BCUT2D eigenvalue weighted by molar-refractivity contribution is -0.115. The summed E-state index contributed by atoms with van der Waals surface area (Å²) in [4.78, 5) is 28.5. The summed E-state index contributed by atoms with van der Waals surface area (Å²) in [6.07, 6.45) is 5.10. The summed E-state index contributed by atoms with van der Waals surface area (Å²) in [6, 6.07) is 1.83. The SMILES string of the molecule is Cc1cnc(CC(=O)Nc2cc([C@H]3CC[C@@H](OC(=O)NC4(C)CCOCC4)C3)[nH]n2)o1. The number of nitrogens with one attached hydrogen (secondary N) is 3. The molecular formula is C21H29N5O5. The van der Waals surface area contributed by atoms with Gasteiger partial charge in [0.2, 0.25) is 11.8 Å². The van der Waals surface area contributed by atoms with E-state index in [0.717, 1.165) is 37.8 Å². The number of anilines is 1. The van der Waals surface area contributed by atoms with Gasteiger partial charge in [0.1, 0.15) is 18.3 Å². The van der Waals surface area contributed by atoms with E-state index in [1.165, 1.54) is 0 Å². The van der Waals surface area contributed by atoms with Gasteiger partial charge < -0.3 is 24.5 Å². The first-order valence-corrected chi connectivity index (χ1v) is 10.7. The third kappa shape index (κ3) is 5.63. The molecule has 2 aromatic heterocycles. The highest BCUT2D eigenvalue weighted by Gasteiger charge is 2.33. The largest absolute Gasteiger partial charge is 0.446 e. The number of hydrogen-bond acceptors (Lipinski definition) is 7. The predicted octanol–water partition coefficient (Wildman–Crippen LogP) is 2.82. The first kappa shape index (κ1) is 21.4. The van der Waals surface area contributed by atoms with Crippen molar-refractivity contribution in [2.75, 3.05) is 18.5 Å². The molecule has 10 heteroatoms. The molecule has 0 unspecified atom stereocenters. The van der Waals surface area contributed by atoms with Crippen molar-refractivity contribution in [1.82, 2.24) is 20.5 Å². The zero-order chi connectivity index (χ0) is 21.8. The summed E-state index contributed by atoms with van der Waals surface area (Å²) in [7, 11) is 0. The summed E-state index contributed by atoms with van der Waals surface area (Å²) in [5.41, 5.74) is 0.651. The molecular weight excluding hydrogens is 402 g/mol. The summed E-state index contributed by atoms with van der Waals surface area (Å²) in [5.74, 6) is 1.44. The van der Waals surface area contributed by atoms with Crippen molar-refractivity contribution in [3.8, 4) is 0 Å². The predicted molar refractivity (Wildman–Crippen MR) is 111 cm³/mol. The number of amides is 2. The van der Waals surface area contributed by atoms with Crippen LogP contribution in [-0.2, 0) is 20.7 Å². The number of aromatic amines is 1. The molecule has 0 spiro atoms. The minimum atomic E-state index is -0.366. The van der Waals surface area contributed by atoms with Gasteiger partial charge in [-0.2, -0.15) is 5.10 Å². The number of hydrogen-bond donors (Lipinski definition) is 3. The molecule has 2 aromatic rings. The molecule has 0 bridgehead atoms. The average Bonchev–Trinajstić information content (AvgIpc) is 3.44. The van der Waals surface area contributed by atoms with Gasteiger partial charge >= 0.3 is 6.09 Å². The molecule has 2 fully saturated rings. The number of aryl methyl sites for hydroxylation is 1. The van der Waals surface area contributed by atoms with E-state index in [4.69, 9.17) is 13.9 Å². The molecule has 2 atom stereocenters. The van der Waals surface area contributed by atoms with E-state index < -0.39 is 0 Å². The van der Waals surface area contributed by atoms with Gasteiger partial charge in [-0.15, -0.1) is 0 Å². The number of alkyl carbamates (subject to hydrolysis) is 1. The molecule has 3 heterocycles. The van der Waals surface area contributed by atoms with Crippen LogP contribution < -0.4 is 10.6 Å². The van der Waals surface area contributed by atoms with Gasteiger partial charge in [-0.3, -0.25) is 9.89 Å². The highest BCUT2D eigenvalue weighted by molar-refractivity contribution is 5.90. The lowest BCUT2D eigenvalue weighted by Gasteiger charge is -2.34. The quantitative estimate of drug-likeness (QED) is 0.641. The minimum Gasteiger partial charge on any atom is -0.446 e. The van der Waals surface area contributed by atoms with Crippen LogP contribution in [0.5, 0.6) is 0 Å². The Morgan fingerprint density at radius 1 is 1.32 bits per heavy atom. The third-order valence-electron chi connectivity index (χ3n) is 5.94. The fourth-order valence-electron chi connectivity index (χ4n) is 4.12. The first-order chi connectivity index (χ1) is 14.9. The van der Waals surface area contributed by atoms with E-state index >= 15 is 0 Å². The molecule has 0 aromatic carbocycles. The van der Waals surface area contributed by atoms with Crippen LogP contribution in [0, 0.1) is 6.92 Å². The fraction of sp³-hybridized carbons (Fsp3) is 0.619. The number of ether oxygens (including phenoxy) is 2. The molecule has 1 aliphatic heterocycles. The maximum absolute atomic E-state index is 12.3. The van der Waals surface area contributed by atoms with Crippen LogP contribution in [0.3, 0.4) is 0 Å². The molecule has 1 aliphatic carbocycles. The minimum absolute atomic E-state index is 0.0511. The van der Waals surface area contributed by atoms with Gasteiger partial charge in [-0.1, -0.05) is 0 Å². The lowest BCUT2D eigenvalue weighted by Crippen LogP contribution is -2.50. The maximum Gasteiger partial charge on any atom is 0.407 e. The Labute approximate surface area is 180 Å². The topological polar surface area (TPSA) is 131 Å². The Bertz CT molecular complexity index is 917. The van der Waals surface area contributed by atoms with Crippen molar-refractivity contribution < 1.29 is 23.5 Å². The second-order valence-electron chi connectivity index (χ2n) is 8.63. The van der Waals surface area contributed by atoms with E-state index in [1.54, 1.807) is 13.1 Å². The van der Waals surface area contributed by atoms with E-state index in [9.17, 15) is 9.59 Å². The Hall–Kier alpha value is -2.88. The van der Waals surface area contributed by atoms with Crippen molar-refractivity contribution in [3.05, 3.63) is 29.6 Å². The van der Waals surface area contributed by atoms with Gasteiger partial charge in [0.15, 0.2) is 5.82 Å². The fourth-order valence-corrected chi connectivity index (χ4v) is 4.12. The molecule has 168 valence electrons. The van der Waals surface area contributed by atoms with Crippen molar-refractivity contribution in [2.24, 2.45) is 0 Å². The molecule has 10 nitrogen and oxygen atoms in total. The van der Waals surface area contributed by atoms with Crippen molar-refractivity contribution in [3.63, 3.8) is 0 Å². The zero-order valence-electron chi connectivity index (χ0n) is 17.9. The number of rotatable bonds is 6. The highest BCUT2D eigenvalue weighted by atomic mass is 16.6. The highest BCUT2D eigenvalue weighted by Crippen LogP contribution is 2.36. The normalized spacial score (nSPS) is 22.8. The number of H-pyrrole nitrogens is 1. The van der Waals surface area contributed by atoms with E-state index in [0.29, 0.717) is 30.7 Å². The third-order valence-corrected chi connectivity index (χ3v) is 5.94. The number of aromatic nitrogens is 3. The average molecular weight is 431 g/mol. The number of carbonyl (C=O) groups is 2. The van der Waals surface area contributed by atoms with E-state index in [2.05, 4.69) is 25.8 Å². The van der Waals surface area contributed by atoms with Crippen LogP contribution in [0.4, 0.5) is 10.6 Å².